The smallest absolute Gasteiger partial charge is 0.410 e. The van der Waals surface area contributed by atoms with E-state index in [1.165, 1.54) is 12.1 Å². The number of hydrogen-bond acceptors (Lipinski definition) is 4. The number of carbonyl (C=O) groups excluding carboxylic acids is 1. The fourth-order valence-corrected chi connectivity index (χ4v) is 2.70. The topological polar surface area (TPSA) is 50.8 Å². The molecule has 1 saturated heterocycles. The fraction of sp³-hybridized carbons (Fsp3) is 0.533. The molecular weight excluding hydrogens is 365 g/mol. The van der Waals surface area contributed by atoms with Crippen LogP contribution in [-0.4, -0.2) is 42.3 Å². The molecule has 0 bridgehead atoms. The summed E-state index contributed by atoms with van der Waals surface area (Å²) in [5, 5.41) is 3.09. The van der Waals surface area contributed by atoms with E-state index < -0.39 is 12.2 Å². The van der Waals surface area contributed by atoms with Crippen molar-refractivity contribution in [1.82, 2.24) is 4.90 Å². The molecule has 1 heterocycles. The molecule has 0 aromatic heterocycles. The highest BCUT2D eigenvalue weighted by molar-refractivity contribution is 6.37. The number of alkyl halides is 2. The Morgan fingerprint density at radius 2 is 1.83 bits per heavy atom. The van der Waals surface area contributed by atoms with Gasteiger partial charge in [0, 0.05) is 18.8 Å². The first kappa shape index (κ1) is 18.9. The first-order valence-corrected chi connectivity index (χ1v) is 7.99. The second kappa shape index (κ2) is 7.19. The van der Waals surface area contributed by atoms with Crippen molar-refractivity contribution in [2.24, 2.45) is 0 Å². The van der Waals surface area contributed by atoms with E-state index in [4.69, 9.17) is 27.9 Å². The third kappa shape index (κ3) is 5.01. The summed E-state index contributed by atoms with van der Waals surface area (Å²) in [5.74, 6) is -0.261. The van der Waals surface area contributed by atoms with Gasteiger partial charge in [0.05, 0.1) is 16.1 Å². The van der Waals surface area contributed by atoms with Gasteiger partial charge in [0.25, 0.3) is 0 Å². The van der Waals surface area contributed by atoms with Crippen molar-refractivity contribution in [3.05, 3.63) is 22.2 Å². The second-order valence-electron chi connectivity index (χ2n) is 6.37. The number of hydrogen-bond donors (Lipinski definition) is 1. The molecule has 1 fully saturated rings. The lowest BCUT2D eigenvalue weighted by molar-refractivity contribution is -0.0497. The molecule has 1 aromatic carbocycles. The van der Waals surface area contributed by atoms with E-state index in [2.05, 4.69) is 10.1 Å². The maximum Gasteiger partial charge on any atom is 0.410 e. The Kier molecular flexibility index (Phi) is 5.65. The van der Waals surface area contributed by atoms with Crippen molar-refractivity contribution < 1.29 is 23.0 Å². The van der Waals surface area contributed by atoms with Crippen LogP contribution >= 0.6 is 23.2 Å². The molecule has 0 unspecified atom stereocenters. The maximum atomic E-state index is 12.3. The van der Waals surface area contributed by atoms with E-state index in [0.717, 1.165) is 0 Å². The molecule has 0 aliphatic carbocycles. The molecule has 5 nitrogen and oxygen atoms in total. The number of anilines is 1. The summed E-state index contributed by atoms with van der Waals surface area (Å²) in [6.45, 7) is 3.31. The van der Waals surface area contributed by atoms with Gasteiger partial charge in [-0.15, -0.1) is 0 Å². The summed E-state index contributed by atoms with van der Waals surface area (Å²) in [6, 6.07) is 2.88. The molecule has 0 radical (unpaired) electrons. The van der Waals surface area contributed by atoms with E-state index in [1.807, 2.05) is 0 Å². The van der Waals surface area contributed by atoms with E-state index in [0.29, 0.717) is 18.8 Å². The predicted molar refractivity (Wildman–Crippen MR) is 88.3 cm³/mol. The summed E-state index contributed by atoms with van der Waals surface area (Å²) < 4.78 is 34.1. The molecule has 1 N–H and O–H groups in total. The monoisotopic (exact) mass is 382 g/mol. The van der Waals surface area contributed by atoms with Crippen LogP contribution < -0.4 is 10.1 Å². The summed E-state index contributed by atoms with van der Waals surface area (Å²) in [5.41, 5.74) is 0.0115. The Morgan fingerprint density at radius 1 is 1.29 bits per heavy atom. The van der Waals surface area contributed by atoms with Gasteiger partial charge in [0.1, 0.15) is 5.60 Å². The van der Waals surface area contributed by atoms with Crippen molar-refractivity contribution in [1.29, 1.82) is 0 Å². The molecule has 24 heavy (non-hydrogen) atoms. The van der Waals surface area contributed by atoms with Crippen LogP contribution in [0.3, 0.4) is 0 Å². The SMILES string of the molecule is CC(C)(C)OC(=O)N1CC(Nc2cc(Cl)c(OC(F)F)c(Cl)c2)C1. The summed E-state index contributed by atoms with van der Waals surface area (Å²) >= 11 is 11.8. The van der Waals surface area contributed by atoms with Gasteiger partial charge in [-0.2, -0.15) is 8.78 Å². The van der Waals surface area contributed by atoms with Crippen LogP contribution in [0.1, 0.15) is 20.8 Å². The minimum atomic E-state index is -3.01. The standard InChI is InChI=1S/C15H18Cl2F2N2O3/c1-15(2,3)24-14(22)21-6-9(7-21)20-8-4-10(16)12(11(17)5-8)23-13(18)19/h4-5,9,13,20H,6-7H2,1-3H3. The number of rotatable bonds is 4. The minimum Gasteiger partial charge on any atom is -0.444 e. The van der Waals surface area contributed by atoms with Crippen molar-refractivity contribution in [3.63, 3.8) is 0 Å². The molecule has 1 amide bonds. The van der Waals surface area contributed by atoms with Gasteiger partial charge >= 0.3 is 12.7 Å². The molecule has 134 valence electrons. The number of carbonyl (C=O) groups is 1. The van der Waals surface area contributed by atoms with Gasteiger partial charge in [-0.3, -0.25) is 0 Å². The molecule has 2 rings (SSSR count). The Labute approximate surface area is 148 Å². The maximum absolute atomic E-state index is 12.3. The molecule has 0 saturated carbocycles. The van der Waals surface area contributed by atoms with Crippen LogP contribution in [-0.2, 0) is 4.74 Å². The highest BCUT2D eigenvalue weighted by Crippen LogP contribution is 2.37. The number of nitrogens with one attached hydrogen (secondary N) is 1. The number of amides is 1. The van der Waals surface area contributed by atoms with Crippen LogP contribution in [0.15, 0.2) is 12.1 Å². The zero-order chi connectivity index (χ0) is 18.1. The largest absolute Gasteiger partial charge is 0.444 e. The lowest BCUT2D eigenvalue weighted by Crippen LogP contribution is -2.57. The number of halogens is 4. The number of likely N-dealkylation sites (tertiary alicyclic amines) is 1. The Morgan fingerprint density at radius 3 is 2.29 bits per heavy atom. The average molecular weight is 383 g/mol. The van der Waals surface area contributed by atoms with Crippen molar-refractivity contribution in [2.75, 3.05) is 18.4 Å². The van der Waals surface area contributed by atoms with Crippen LogP contribution in [0.2, 0.25) is 10.0 Å². The summed E-state index contributed by atoms with van der Waals surface area (Å²) in [4.78, 5) is 13.4. The van der Waals surface area contributed by atoms with Crippen LogP contribution in [0, 0.1) is 0 Å². The molecule has 1 aliphatic rings. The number of ether oxygens (including phenoxy) is 2. The predicted octanol–water partition coefficient (Wildman–Crippen LogP) is 4.63. The average Bonchev–Trinajstić information content (AvgIpc) is 2.35. The zero-order valence-corrected chi connectivity index (χ0v) is 14.9. The lowest BCUT2D eigenvalue weighted by Gasteiger charge is -2.40. The Bertz CT molecular complexity index is 594. The molecule has 1 aromatic rings. The molecule has 9 heteroatoms. The van der Waals surface area contributed by atoms with E-state index >= 15 is 0 Å². The minimum absolute atomic E-state index is 0.00785. The van der Waals surface area contributed by atoms with Gasteiger partial charge in [0.15, 0.2) is 5.75 Å². The normalized spacial score (nSPS) is 15.2. The van der Waals surface area contributed by atoms with E-state index in [1.54, 1.807) is 25.7 Å². The first-order chi connectivity index (χ1) is 11.0. The molecule has 1 aliphatic heterocycles. The zero-order valence-electron chi connectivity index (χ0n) is 13.4. The third-order valence-electron chi connectivity index (χ3n) is 3.11. The molecule has 0 atom stereocenters. The Hall–Kier alpha value is -1.47. The second-order valence-corrected chi connectivity index (χ2v) is 7.19. The van der Waals surface area contributed by atoms with E-state index in [9.17, 15) is 13.6 Å². The number of nitrogens with zero attached hydrogens (tertiary/aromatic N) is 1. The quantitative estimate of drug-likeness (QED) is 0.824. The lowest BCUT2D eigenvalue weighted by atomic mass is 10.1. The first-order valence-electron chi connectivity index (χ1n) is 7.23. The fourth-order valence-electron chi connectivity index (χ4n) is 2.13. The van der Waals surface area contributed by atoms with Crippen molar-refractivity contribution in [2.45, 2.75) is 39.0 Å². The van der Waals surface area contributed by atoms with Crippen LogP contribution in [0.5, 0.6) is 5.75 Å². The highest BCUT2D eigenvalue weighted by Gasteiger charge is 2.33. The van der Waals surface area contributed by atoms with Gasteiger partial charge in [-0.05, 0) is 32.9 Å². The van der Waals surface area contributed by atoms with Crippen LogP contribution in [0.4, 0.5) is 19.3 Å². The van der Waals surface area contributed by atoms with Gasteiger partial charge in [0.2, 0.25) is 0 Å². The summed E-state index contributed by atoms with van der Waals surface area (Å²) in [6.07, 6.45) is -0.378. The highest BCUT2D eigenvalue weighted by atomic mass is 35.5. The van der Waals surface area contributed by atoms with Crippen LogP contribution in [0.25, 0.3) is 0 Å². The molecular formula is C15H18Cl2F2N2O3. The number of benzene rings is 1. The van der Waals surface area contributed by atoms with Gasteiger partial charge < -0.3 is 19.7 Å². The van der Waals surface area contributed by atoms with Gasteiger partial charge in [-0.1, -0.05) is 23.2 Å². The van der Waals surface area contributed by atoms with Crippen molar-refractivity contribution in [3.8, 4) is 5.75 Å². The van der Waals surface area contributed by atoms with Gasteiger partial charge in [-0.25, -0.2) is 4.79 Å². The van der Waals surface area contributed by atoms with E-state index in [-0.39, 0.29) is 27.9 Å². The molecule has 0 spiro atoms. The Balaban J connectivity index is 1.91. The van der Waals surface area contributed by atoms with Crippen molar-refractivity contribution >= 4 is 35.0 Å². The summed E-state index contributed by atoms with van der Waals surface area (Å²) in [7, 11) is 0. The third-order valence-corrected chi connectivity index (χ3v) is 3.67.